The van der Waals surface area contributed by atoms with Crippen LogP contribution in [0.15, 0.2) is 17.9 Å². The molecule has 0 spiro atoms. The highest BCUT2D eigenvalue weighted by Crippen LogP contribution is 2.22. The van der Waals surface area contributed by atoms with Crippen LogP contribution in [0.5, 0.6) is 0 Å². The number of fused-ring (bicyclic) bond motifs is 1. The molecule has 0 unspecified atom stereocenters. The van der Waals surface area contributed by atoms with Gasteiger partial charge >= 0.3 is 0 Å². The van der Waals surface area contributed by atoms with Crippen LogP contribution in [0.2, 0.25) is 5.15 Å². The van der Waals surface area contributed by atoms with Gasteiger partial charge in [0, 0.05) is 10.6 Å². The summed E-state index contributed by atoms with van der Waals surface area (Å²) < 4.78 is 1.57. The summed E-state index contributed by atoms with van der Waals surface area (Å²) in [6.45, 7) is 5.87. The molecule has 0 saturated heterocycles. The average molecular weight is 258 g/mol. The van der Waals surface area contributed by atoms with Crippen LogP contribution in [0.1, 0.15) is 5.56 Å². The summed E-state index contributed by atoms with van der Waals surface area (Å²) in [4.78, 5) is 8.05. The zero-order valence-corrected chi connectivity index (χ0v) is 10.0. The van der Waals surface area contributed by atoms with Gasteiger partial charge in [0.25, 0.3) is 5.78 Å². The first-order valence-electron chi connectivity index (χ1n) is 4.52. The van der Waals surface area contributed by atoms with Gasteiger partial charge in [-0.1, -0.05) is 29.8 Å². The molecule has 0 atom stereocenters. The largest absolute Gasteiger partial charge is 0.365 e. The number of halogens is 2. The molecule has 0 fully saturated rings. The van der Waals surface area contributed by atoms with Gasteiger partial charge in [0.2, 0.25) is 0 Å². The van der Waals surface area contributed by atoms with Crippen LogP contribution in [0.25, 0.3) is 5.78 Å². The first kappa shape index (κ1) is 11.2. The number of rotatable bonds is 3. The van der Waals surface area contributed by atoms with Crippen molar-refractivity contribution in [1.29, 1.82) is 0 Å². The predicted molar refractivity (Wildman–Crippen MR) is 64.0 cm³/mol. The quantitative estimate of drug-likeness (QED) is 0.858. The molecule has 16 heavy (non-hydrogen) atoms. The van der Waals surface area contributed by atoms with E-state index >= 15 is 0 Å². The van der Waals surface area contributed by atoms with E-state index in [9.17, 15) is 0 Å². The van der Waals surface area contributed by atoms with E-state index in [4.69, 9.17) is 23.2 Å². The number of nitrogens with zero attached hydrogens (tertiary/aromatic N) is 4. The zero-order valence-electron chi connectivity index (χ0n) is 8.54. The minimum atomic E-state index is 0.392. The Balaban J connectivity index is 2.51. The van der Waals surface area contributed by atoms with Gasteiger partial charge in [-0.05, 0) is 6.92 Å². The zero-order chi connectivity index (χ0) is 11.7. The molecule has 84 valence electrons. The summed E-state index contributed by atoms with van der Waals surface area (Å²) in [7, 11) is 0. The molecule has 0 bridgehead atoms. The molecular weight excluding hydrogens is 249 g/mol. The van der Waals surface area contributed by atoms with Gasteiger partial charge in [-0.2, -0.15) is 19.6 Å². The number of nitrogens with one attached hydrogen (secondary N) is 1. The minimum absolute atomic E-state index is 0.392. The summed E-state index contributed by atoms with van der Waals surface area (Å²) in [6.07, 6.45) is 1.42. The van der Waals surface area contributed by atoms with Crippen molar-refractivity contribution in [2.24, 2.45) is 0 Å². The molecule has 0 saturated carbocycles. The maximum Gasteiger partial charge on any atom is 0.255 e. The van der Waals surface area contributed by atoms with E-state index < -0.39 is 0 Å². The fourth-order valence-electron chi connectivity index (χ4n) is 1.28. The highest BCUT2D eigenvalue weighted by atomic mass is 35.5. The first-order chi connectivity index (χ1) is 7.59. The lowest BCUT2D eigenvalue weighted by molar-refractivity contribution is 0.925. The van der Waals surface area contributed by atoms with Gasteiger partial charge in [0.15, 0.2) is 0 Å². The highest BCUT2D eigenvalue weighted by Gasteiger charge is 2.11. The normalized spacial score (nSPS) is 10.7. The molecular formula is C9H9Cl2N5. The second-order valence-electron chi connectivity index (χ2n) is 3.22. The molecule has 1 N–H and O–H groups in total. The van der Waals surface area contributed by atoms with E-state index in [0.717, 1.165) is 5.56 Å². The lowest BCUT2D eigenvalue weighted by atomic mass is 10.3. The molecule has 0 aliphatic rings. The van der Waals surface area contributed by atoms with Crippen LogP contribution in [-0.2, 0) is 0 Å². The SMILES string of the molecule is C=C(Cl)CNc1c(C)c(Cl)nc2ncnn12. The lowest BCUT2D eigenvalue weighted by Crippen LogP contribution is -2.10. The standard InChI is InChI=1S/C9H9Cl2N5/c1-5(10)3-12-8-6(2)7(11)15-9-13-4-14-16(8)9/h4,12H,1,3H2,2H3. The van der Waals surface area contributed by atoms with Crippen molar-refractivity contribution in [3.63, 3.8) is 0 Å². The molecule has 0 aromatic carbocycles. The summed E-state index contributed by atoms with van der Waals surface area (Å²) in [6, 6.07) is 0. The fraction of sp³-hybridized carbons (Fsp3) is 0.222. The molecule has 0 aliphatic carbocycles. The monoisotopic (exact) mass is 257 g/mol. The fourth-order valence-corrected chi connectivity index (χ4v) is 1.52. The van der Waals surface area contributed by atoms with Crippen LogP contribution >= 0.6 is 23.2 Å². The Hall–Kier alpha value is -1.33. The average Bonchev–Trinajstić information content (AvgIpc) is 2.65. The van der Waals surface area contributed by atoms with Crippen molar-refractivity contribution < 1.29 is 0 Å². The molecule has 0 radical (unpaired) electrons. The maximum atomic E-state index is 5.98. The predicted octanol–water partition coefficient (Wildman–Crippen LogP) is 2.25. The molecule has 2 rings (SSSR count). The highest BCUT2D eigenvalue weighted by molar-refractivity contribution is 6.30. The van der Waals surface area contributed by atoms with E-state index in [-0.39, 0.29) is 0 Å². The van der Waals surface area contributed by atoms with Crippen LogP contribution < -0.4 is 5.32 Å². The van der Waals surface area contributed by atoms with Gasteiger partial charge in [-0.3, -0.25) is 0 Å². The summed E-state index contributed by atoms with van der Waals surface area (Å²) in [5.74, 6) is 1.16. The van der Waals surface area contributed by atoms with Crippen molar-refractivity contribution >= 4 is 34.8 Å². The van der Waals surface area contributed by atoms with Gasteiger partial charge < -0.3 is 5.32 Å². The van der Waals surface area contributed by atoms with Crippen molar-refractivity contribution in [2.45, 2.75) is 6.92 Å². The minimum Gasteiger partial charge on any atom is -0.365 e. The van der Waals surface area contributed by atoms with Gasteiger partial charge in [-0.15, -0.1) is 0 Å². The second kappa shape index (κ2) is 4.27. The lowest BCUT2D eigenvalue weighted by Gasteiger charge is -2.10. The summed E-state index contributed by atoms with van der Waals surface area (Å²) >= 11 is 11.7. The number of hydrogen-bond donors (Lipinski definition) is 1. The molecule has 2 aromatic heterocycles. The van der Waals surface area contributed by atoms with Gasteiger partial charge in [0.05, 0.1) is 6.54 Å². The Labute approximate surface area is 102 Å². The third-order valence-electron chi connectivity index (χ3n) is 2.05. The third kappa shape index (κ3) is 1.96. The Bertz CT molecular complexity index is 548. The number of hydrogen-bond acceptors (Lipinski definition) is 4. The van der Waals surface area contributed by atoms with Crippen LogP contribution in [-0.4, -0.2) is 26.1 Å². The maximum absolute atomic E-state index is 5.98. The Morgan fingerprint density at radius 2 is 2.38 bits per heavy atom. The van der Waals surface area contributed by atoms with Crippen LogP contribution in [0.3, 0.4) is 0 Å². The van der Waals surface area contributed by atoms with Crippen molar-refractivity contribution in [2.75, 3.05) is 11.9 Å². The topological polar surface area (TPSA) is 55.1 Å². The summed E-state index contributed by atoms with van der Waals surface area (Å²) in [5.41, 5.74) is 0.789. The molecule has 0 amide bonds. The molecule has 5 nitrogen and oxygen atoms in total. The Kier molecular flexibility index (Phi) is 2.98. The molecule has 2 heterocycles. The van der Waals surface area contributed by atoms with Gasteiger partial charge in [0.1, 0.15) is 17.3 Å². The van der Waals surface area contributed by atoms with E-state index in [0.29, 0.717) is 28.3 Å². The van der Waals surface area contributed by atoms with E-state index in [1.807, 2.05) is 6.92 Å². The number of aromatic nitrogens is 4. The molecule has 0 aliphatic heterocycles. The molecule has 7 heteroatoms. The summed E-state index contributed by atoms with van der Waals surface area (Å²) in [5, 5.41) is 8.03. The van der Waals surface area contributed by atoms with Crippen molar-refractivity contribution in [3.8, 4) is 0 Å². The van der Waals surface area contributed by atoms with Crippen molar-refractivity contribution in [3.05, 3.63) is 28.7 Å². The third-order valence-corrected chi connectivity index (χ3v) is 2.55. The van der Waals surface area contributed by atoms with Gasteiger partial charge in [-0.25, -0.2) is 0 Å². The smallest absolute Gasteiger partial charge is 0.255 e. The van der Waals surface area contributed by atoms with Crippen molar-refractivity contribution in [1.82, 2.24) is 19.6 Å². The van der Waals surface area contributed by atoms with Crippen LogP contribution in [0.4, 0.5) is 5.82 Å². The van der Waals surface area contributed by atoms with E-state index in [1.165, 1.54) is 6.33 Å². The second-order valence-corrected chi connectivity index (χ2v) is 4.11. The van der Waals surface area contributed by atoms with E-state index in [1.54, 1.807) is 4.52 Å². The van der Waals surface area contributed by atoms with E-state index in [2.05, 4.69) is 27.0 Å². The molecule has 2 aromatic rings. The van der Waals surface area contributed by atoms with Crippen LogP contribution in [0, 0.1) is 6.92 Å². The Morgan fingerprint density at radius 3 is 3.06 bits per heavy atom. The number of anilines is 1. The first-order valence-corrected chi connectivity index (χ1v) is 5.28. The Morgan fingerprint density at radius 1 is 1.62 bits per heavy atom.